The molecule has 0 aliphatic carbocycles. The number of nitro benzene ring substituents is 1. The predicted molar refractivity (Wildman–Crippen MR) is 81.1 cm³/mol. The van der Waals surface area contributed by atoms with Crippen molar-refractivity contribution in [3.05, 3.63) is 33.9 Å². The second-order valence-electron chi connectivity index (χ2n) is 5.88. The molecule has 2 atom stereocenters. The molecule has 5 nitrogen and oxygen atoms in total. The van der Waals surface area contributed by atoms with Gasteiger partial charge in [0.1, 0.15) is 5.69 Å². The molecule has 2 unspecified atom stereocenters. The highest BCUT2D eigenvalue weighted by Gasteiger charge is 2.24. The molecule has 5 heteroatoms. The van der Waals surface area contributed by atoms with Crippen LogP contribution >= 0.6 is 0 Å². The SMILES string of the molecule is Cc1ccc([N+](=O)[O-])c(NC(C)C2CCCN(C)C2)c1. The summed E-state index contributed by atoms with van der Waals surface area (Å²) in [4.78, 5) is 13.1. The van der Waals surface area contributed by atoms with Crippen LogP contribution in [0.5, 0.6) is 0 Å². The van der Waals surface area contributed by atoms with Crippen molar-refractivity contribution in [1.82, 2.24) is 4.90 Å². The maximum absolute atomic E-state index is 11.1. The molecule has 1 saturated heterocycles. The second-order valence-corrected chi connectivity index (χ2v) is 5.88. The fraction of sp³-hybridized carbons (Fsp3) is 0.600. The Morgan fingerprint density at radius 1 is 1.50 bits per heavy atom. The summed E-state index contributed by atoms with van der Waals surface area (Å²) in [6.07, 6.45) is 2.38. The van der Waals surface area contributed by atoms with Gasteiger partial charge in [0.15, 0.2) is 0 Å². The van der Waals surface area contributed by atoms with E-state index in [-0.39, 0.29) is 16.7 Å². The number of nitrogens with zero attached hydrogens (tertiary/aromatic N) is 2. The number of aryl methyl sites for hydroxylation is 1. The van der Waals surface area contributed by atoms with E-state index < -0.39 is 0 Å². The summed E-state index contributed by atoms with van der Waals surface area (Å²) < 4.78 is 0. The minimum Gasteiger partial charge on any atom is -0.377 e. The topological polar surface area (TPSA) is 58.4 Å². The maximum atomic E-state index is 11.1. The zero-order chi connectivity index (χ0) is 14.7. The van der Waals surface area contributed by atoms with Crippen molar-refractivity contribution in [1.29, 1.82) is 0 Å². The average Bonchev–Trinajstić information content (AvgIpc) is 2.38. The Kier molecular flexibility index (Phi) is 4.60. The molecule has 1 aliphatic heterocycles. The normalized spacial score (nSPS) is 21.4. The number of hydrogen-bond acceptors (Lipinski definition) is 4. The fourth-order valence-corrected chi connectivity index (χ4v) is 2.90. The van der Waals surface area contributed by atoms with E-state index in [0.717, 1.165) is 18.7 Å². The third kappa shape index (κ3) is 3.48. The first-order valence-electron chi connectivity index (χ1n) is 7.17. The van der Waals surface area contributed by atoms with Gasteiger partial charge in [-0.1, -0.05) is 6.07 Å². The molecule has 1 N–H and O–H groups in total. The number of likely N-dealkylation sites (tertiary alicyclic amines) is 1. The van der Waals surface area contributed by atoms with Crippen molar-refractivity contribution in [2.45, 2.75) is 32.7 Å². The highest BCUT2D eigenvalue weighted by Crippen LogP contribution is 2.28. The Balaban J connectivity index is 2.12. The molecule has 0 amide bonds. The molecule has 2 rings (SSSR count). The van der Waals surface area contributed by atoms with E-state index in [4.69, 9.17) is 0 Å². The van der Waals surface area contributed by atoms with E-state index in [1.807, 2.05) is 13.0 Å². The van der Waals surface area contributed by atoms with Gasteiger partial charge >= 0.3 is 0 Å². The number of rotatable bonds is 4. The fourth-order valence-electron chi connectivity index (χ4n) is 2.90. The Labute approximate surface area is 120 Å². The van der Waals surface area contributed by atoms with Gasteiger partial charge in [-0.2, -0.15) is 0 Å². The van der Waals surface area contributed by atoms with Gasteiger partial charge in [-0.3, -0.25) is 10.1 Å². The van der Waals surface area contributed by atoms with Gasteiger partial charge < -0.3 is 10.2 Å². The molecule has 0 saturated carbocycles. The summed E-state index contributed by atoms with van der Waals surface area (Å²) in [5.41, 5.74) is 1.83. The van der Waals surface area contributed by atoms with Gasteiger partial charge in [-0.15, -0.1) is 0 Å². The Hall–Kier alpha value is -1.62. The van der Waals surface area contributed by atoms with Crippen molar-refractivity contribution < 1.29 is 4.92 Å². The van der Waals surface area contributed by atoms with E-state index in [1.54, 1.807) is 12.1 Å². The summed E-state index contributed by atoms with van der Waals surface area (Å²) in [7, 11) is 2.13. The lowest BCUT2D eigenvalue weighted by atomic mass is 9.91. The van der Waals surface area contributed by atoms with Crippen LogP contribution in [0.25, 0.3) is 0 Å². The van der Waals surface area contributed by atoms with Crippen LogP contribution in [0, 0.1) is 23.0 Å². The van der Waals surface area contributed by atoms with Crippen LogP contribution in [-0.2, 0) is 0 Å². The van der Waals surface area contributed by atoms with Gasteiger partial charge in [-0.05, 0) is 57.8 Å². The van der Waals surface area contributed by atoms with Crippen molar-refractivity contribution in [2.75, 3.05) is 25.5 Å². The first-order valence-corrected chi connectivity index (χ1v) is 7.17. The largest absolute Gasteiger partial charge is 0.377 e. The standard InChI is InChI=1S/C15H23N3O2/c1-11-6-7-15(18(19)20)14(9-11)16-12(2)13-5-4-8-17(3)10-13/h6-7,9,12-13,16H,4-5,8,10H2,1-3H3. The van der Waals surface area contributed by atoms with Gasteiger partial charge in [0.2, 0.25) is 0 Å². The third-order valence-corrected chi connectivity index (χ3v) is 4.10. The molecule has 0 spiro atoms. The van der Waals surface area contributed by atoms with Crippen LogP contribution in [0.15, 0.2) is 18.2 Å². The molecule has 1 aliphatic rings. The summed E-state index contributed by atoms with van der Waals surface area (Å²) in [5, 5.41) is 14.5. The lowest BCUT2D eigenvalue weighted by Gasteiger charge is -2.34. The monoisotopic (exact) mass is 277 g/mol. The quantitative estimate of drug-likeness (QED) is 0.679. The Morgan fingerprint density at radius 2 is 2.25 bits per heavy atom. The van der Waals surface area contributed by atoms with E-state index >= 15 is 0 Å². The van der Waals surface area contributed by atoms with E-state index in [2.05, 4.69) is 24.2 Å². The number of nitrogens with one attached hydrogen (secondary N) is 1. The smallest absolute Gasteiger partial charge is 0.292 e. The molecule has 0 radical (unpaired) electrons. The second kappa shape index (κ2) is 6.22. The zero-order valence-corrected chi connectivity index (χ0v) is 12.4. The van der Waals surface area contributed by atoms with Crippen molar-refractivity contribution in [3.8, 4) is 0 Å². The van der Waals surface area contributed by atoms with Crippen LogP contribution < -0.4 is 5.32 Å². The van der Waals surface area contributed by atoms with E-state index in [9.17, 15) is 10.1 Å². The first kappa shape index (κ1) is 14.8. The van der Waals surface area contributed by atoms with Crippen LogP contribution in [-0.4, -0.2) is 36.0 Å². The molecule has 1 aromatic rings. The number of hydrogen-bond donors (Lipinski definition) is 1. The zero-order valence-electron chi connectivity index (χ0n) is 12.4. The van der Waals surface area contributed by atoms with Gasteiger partial charge in [0.25, 0.3) is 5.69 Å². The summed E-state index contributed by atoms with van der Waals surface area (Å²) in [6, 6.07) is 5.46. The highest BCUT2D eigenvalue weighted by molar-refractivity contribution is 5.63. The molecular weight excluding hydrogens is 254 g/mol. The highest BCUT2D eigenvalue weighted by atomic mass is 16.6. The molecule has 20 heavy (non-hydrogen) atoms. The molecular formula is C15H23N3O2. The van der Waals surface area contributed by atoms with E-state index in [1.165, 1.54) is 12.8 Å². The average molecular weight is 277 g/mol. The Morgan fingerprint density at radius 3 is 2.90 bits per heavy atom. The number of piperidine rings is 1. The van der Waals surface area contributed by atoms with Crippen LogP contribution in [0.1, 0.15) is 25.3 Å². The van der Waals surface area contributed by atoms with Crippen LogP contribution in [0.4, 0.5) is 11.4 Å². The Bertz CT molecular complexity index is 490. The number of benzene rings is 1. The molecule has 1 fully saturated rings. The summed E-state index contributed by atoms with van der Waals surface area (Å²) in [6.45, 7) is 6.27. The third-order valence-electron chi connectivity index (χ3n) is 4.10. The first-order chi connectivity index (χ1) is 9.47. The van der Waals surface area contributed by atoms with Crippen LogP contribution in [0.2, 0.25) is 0 Å². The maximum Gasteiger partial charge on any atom is 0.292 e. The van der Waals surface area contributed by atoms with Crippen molar-refractivity contribution >= 4 is 11.4 Å². The lowest BCUT2D eigenvalue weighted by molar-refractivity contribution is -0.384. The molecule has 0 aromatic heterocycles. The predicted octanol–water partition coefficient (Wildman–Crippen LogP) is 3.05. The summed E-state index contributed by atoms with van der Waals surface area (Å²) in [5.74, 6) is 0.536. The van der Waals surface area contributed by atoms with Gasteiger partial charge in [0, 0.05) is 18.7 Å². The van der Waals surface area contributed by atoms with Crippen molar-refractivity contribution in [2.24, 2.45) is 5.92 Å². The lowest BCUT2D eigenvalue weighted by Crippen LogP contribution is -2.39. The molecule has 110 valence electrons. The van der Waals surface area contributed by atoms with Gasteiger partial charge in [0.05, 0.1) is 4.92 Å². The number of nitro groups is 1. The van der Waals surface area contributed by atoms with Gasteiger partial charge in [-0.25, -0.2) is 0 Å². The van der Waals surface area contributed by atoms with Crippen LogP contribution in [0.3, 0.4) is 0 Å². The van der Waals surface area contributed by atoms with E-state index in [0.29, 0.717) is 11.6 Å². The molecule has 1 aromatic carbocycles. The molecule has 1 heterocycles. The van der Waals surface area contributed by atoms with Crippen molar-refractivity contribution in [3.63, 3.8) is 0 Å². The molecule has 0 bridgehead atoms. The minimum absolute atomic E-state index is 0.159. The minimum atomic E-state index is -0.318. The summed E-state index contributed by atoms with van der Waals surface area (Å²) >= 11 is 0. The number of anilines is 1.